The predicted octanol–water partition coefficient (Wildman–Crippen LogP) is 3.49. The Morgan fingerprint density at radius 1 is 0.771 bits per heavy atom. The lowest BCUT2D eigenvalue weighted by Crippen LogP contribution is -2.54. The van der Waals surface area contributed by atoms with Crippen LogP contribution in [-0.4, -0.2) is 43.6 Å². The summed E-state index contributed by atoms with van der Waals surface area (Å²) in [5, 5.41) is 2.76. The Morgan fingerprint density at radius 2 is 1.34 bits per heavy atom. The molecule has 3 N–H and O–H groups in total. The van der Waals surface area contributed by atoms with E-state index < -0.39 is 17.9 Å². The van der Waals surface area contributed by atoms with Gasteiger partial charge in [0.1, 0.15) is 6.04 Å². The summed E-state index contributed by atoms with van der Waals surface area (Å²) >= 11 is 0. The van der Waals surface area contributed by atoms with Crippen molar-refractivity contribution in [3.8, 4) is 17.2 Å². The third-order valence-electron chi connectivity index (χ3n) is 5.29. The van der Waals surface area contributed by atoms with E-state index >= 15 is 0 Å². The molecule has 9 nitrogen and oxygen atoms in total. The van der Waals surface area contributed by atoms with Crippen molar-refractivity contribution in [1.29, 1.82) is 0 Å². The number of hydrazine groups is 1. The van der Waals surface area contributed by atoms with Crippen LogP contribution in [0, 0.1) is 5.92 Å². The minimum Gasteiger partial charge on any atom is -0.490 e. The first kappa shape index (κ1) is 27.5. The maximum atomic E-state index is 12.9. The summed E-state index contributed by atoms with van der Waals surface area (Å²) in [5.41, 5.74) is 5.51. The first-order valence-corrected chi connectivity index (χ1v) is 11.9. The fraction of sp³-hybridized carbons (Fsp3) is 0.423. The van der Waals surface area contributed by atoms with Crippen LogP contribution in [0.15, 0.2) is 42.5 Å². The second-order valence-electron chi connectivity index (χ2n) is 7.75. The molecule has 0 aliphatic carbocycles. The van der Waals surface area contributed by atoms with Gasteiger partial charge in [0.25, 0.3) is 17.7 Å². The SMILES string of the molecule is CCOc1cc(C(=O)NNC(=O)[C@@H](NC(=O)c2ccccc2)[C@@H](C)CC)cc(OCC)c1OCC. The molecule has 0 saturated carbocycles. The molecule has 0 radical (unpaired) electrons. The second kappa shape index (κ2) is 13.8. The lowest BCUT2D eigenvalue weighted by molar-refractivity contribution is -0.124. The van der Waals surface area contributed by atoms with Gasteiger partial charge >= 0.3 is 0 Å². The Hall–Kier alpha value is -3.75. The maximum Gasteiger partial charge on any atom is 0.269 e. The van der Waals surface area contributed by atoms with Crippen molar-refractivity contribution in [2.45, 2.75) is 47.1 Å². The highest BCUT2D eigenvalue weighted by molar-refractivity contribution is 5.99. The standard InChI is InChI=1S/C26H35N3O6/c1-6-17(5)22(27-24(30)18-13-11-10-12-14-18)26(32)29-28-25(31)19-15-20(33-7-2)23(35-9-4)21(16-19)34-8-3/h10-17,22H,6-9H2,1-5H3,(H,27,30)(H,28,31)(H,29,32)/t17-,22-/m0/s1. The van der Waals surface area contributed by atoms with Crippen molar-refractivity contribution < 1.29 is 28.6 Å². The molecule has 0 fully saturated rings. The highest BCUT2D eigenvalue weighted by atomic mass is 16.5. The first-order chi connectivity index (χ1) is 16.9. The van der Waals surface area contributed by atoms with E-state index in [4.69, 9.17) is 14.2 Å². The summed E-state index contributed by atoms with van der Waals surface area (Å²) in [6.07, 6.45) is 0.648. The number of benzene rings is 2. The van der Waals surface area contributed by atoms with Crippen LogP contribution in [0.3, 0.4) is 0 Å². The molecule has 190 valence electrons. The third kappa shape index (κ3) is 7.63. The van der Waals surface area contributed by atoms with Crippen molar-refractivity contribution in [2.24, 2.45) is 5.92 Å². The van der Waals surface area contributed by atoms with Gasteiger partial charge in [0.2, 0.25) is 5.75 Å². The molecule has 0 aliphatic heterocycles. The fourth-order valence-corrected chi connectivity index (χ4v) is 3.30. The van der Waals surface area contributed by atoms with Gasteiger partial charge in [-0.25, -0.2) is 0 Å². The van der Waals surface area contributed by atoms with E-state index in [2.05, 4.69) is 16.2 Å². The van der Waals surface area contributed by atoms with Gasteiger partial charge in [-0.05, 0) is 51.0 Å². The average Bonchev–Trinajstić information content (AvgIpc) is 2.87. The van der Waals surface area contributed by atoms with Crippen LogP contribution in [0.2, 0.25) is 0 Å². The molecular formula is C26H35N3O6. The van der Waals surface area contributed by atoms with Gasteiger partial charge in [0.05, 0.1) is 19.8 Å². The smallest absolute Gasteiger partial charge is 0.269 e. The summed E-state index contributed by atoms with van der Waals surface area (Å²) < 4.78 is 16.9. The van der Waals surface area contributed by atoms with Gasteiger partial charge in [0.15, 0.2) is 11.5 Å². The highest BCUT2D eigenvalue weighted by Gasteiger charge is 2.27. The zero-order valence-corrected chi connectivity index (χ0v) is 21.0. The summed E-state index contributed by atoms with van der Waals surface area (Å²) in [6, 6.07) is 10.9. The van der Waals surface area contributed by atoms with Crippen LogP contribution in [0.5, 0.6) is 17.2 Å². The van der Waals surface area contributed by atoms with Crippen LogP contribution in [0.4, 0.5) is 0 Å². The lowest BCUT2D eigenvalue weighted by Gasteiger charge is -2.24. The Morgan fingerprint density at radius 3 is 1.86 bits per heavy atom. The van der Waals surface area contributed by atoms with E-state index in [1.54, 1.807) is 30.3 Å². The zero-order chi connectivity index (χ0) is 25.8. The molecular weight excluding hydrogens is 450 g/mol. The number of amides is 3. The van der Waals surface area contributed by atoms with Gasteiger partial charge < -0.3 is 19.5 Å². The number of rotatable bonds is 12. The third-order valence-corrected chi connectivity index (χ3v) is 5.29. The van der Waals surface area contributed by atoms with Crippen LogP contribution >= 0.6 is 0 Å². The van der Waals surface area contributed by atoms with Crippen molar-refractivity contribution in [3.05, 3.63) is 53.6 Å². The van der Waals surface area contributed by atoms with E-state index in [0.717, 1.165) is 0 Å². The fourth-order valence-electron chi connectivity index (χ4n) is 3.30. The number of nitrogens with one attached hydrogen (secondary N) is 3. The molecule has 0 unspecified atom stereocenters. The molecule has 0 aliphatic rings. The Kier molecular flexibility index (Phi) is 10.9. The first-order valence-electron chi connectivity index (χ1n) is 11.9. The predicted molar refractivity (Wildman–Crippen MR) is 133 cm³/mol. The summed E-state index contributed by atoms with van der Waals surface area (Å²) in [6.45, 7) is 10.4. The molecule has 0 saturated heterocycles. The van der Waals surface area contributed by atoms with Crippen LogP contribution in [0.25, 0.3) is 0 Å². The molecule has 0 spiro atoms. The zero-order valence-electron chi connectivity index (χ0n) is 21.0. The normalized spacial score (nSPS) is 12.1. The number of ether oxygens (including phenoxy) is 3. The minimum absolute atomic E-state index is 0.167. The summed E-state index contributed by atoms with van der Waals surface area (Å²) in [7, 11) is 0. The van der Waals surface area contributed by atoms with E-state index in [1.165, 1.54) is 12.1 Å². The van der Waals surface area contributed by atoms with Gasteiger partial charge in [-0.2, -0.15) is 0 Å². The van der Waals surface area contributed by atoms with Crippen molar-refractivity contribution in [1.82, 2.24) is 16.2 Å². The average molecular weight is 486 g/mol. The lowest BCUT2D eigenvalue weighted by atomic mass is 9.98. The quantitative estimate of drug-likeness (QED) is 0.397. The Bertz CT molecular complexity index is 969. The van der Waals surface area contributed by atoms with Crippen molar-refractivity contribution in [2.75, 3.05) is 19.8 Å². The van der Waals surface area contributed by atoms with Gasteiger partial charge in [-0.3, -0.25) is 25.2 Å². The van der Waals surface area contributed by atoms with Gasteiger partial charge in [-0.15, -0.1) is 0 Å². The second-order valence-corrected chi connectivity index (χ2v) is 7.75. The summed E-state index contributed by atoms with van der Waals surface area (Å²) in [4.78, 5) is 38.4. The molecule has 9 heteroatoms. The number of carbonyl (C=O) groups is 3. The van der Waals surface area contributed by atoms with E-state index in [1.807, 2.05) is 34.6 Å². The van der Waals surface area contributed by atoms with Gasteiger partial charge in [-0.1, -0.05) is 38.5 Å². The van der Waals surface area contributed by atoms with Crippen molar-refractivity contribution in [3.63, 3.8) is 0 Å². The molecule has 2 rings (SSSR count). The molecule has 2 atom stereocenters. The monoisotopic (exact) mass is 485 g/mol. The minimum atomic E-state index is -0.841. The number of hydrogen-bond donors (Lipinski definition) is 3. The van der Waals surface area contributed by atoms with E-state index in [9.17, 15) is 14.4 Å². The molecule has 2 aromatic rings. The highest BCUT2D eigenvalue weighted by Crippen LogP contribution is 2.39. The van der Waals surface area contributed by atoms with E-state index in [-0.39, 0.29) is 17.4 Å². The molecule has 2 aromatic carbocycles. The van der Waals surface area contributed by atoms with Crippen LogP contribution in [-0.2, 0) is 4.79 Å². The molecule has 3 amide bonds. The molecule has 35 heavy (non-hydrogen) atoms. The molecule has 0 aromatic heterocycles. The Balaban J connectivity index is 2.17. The Labute approximate surface area is 206 Å². The number of hydrogen-bond acceptors (Lipinski definition) is 6. The van der Waals surface area contributed by atoms with Crippen LogP contribution < -0.4 is 30.4 Å². The van der Waals surface area contributed by atoms with E-state index in [0.29, 0.717) is 49.1 Å². The maximum absolute atomic E-state index is 12.9. The molecule has 0 bridgehead atoms. The van der Waals surface area contributed by atoms with Crippen molar-refractivity contribution >= 4 is 17.7 Å². The topological polar surface area (TPSA) is 115 Å². The van der Waals surface area contributed by atoms with Gasteiger partial charge in [0, 0.05) is 11.1 Å². The number of carbonyl (C=O) groups excluding carboxylic acids is 3. The largest absolute Gasteiger partial charge is 0.490 e. The van der Waals surface area contributed by atoms with Crippen LogP contribution in [0.1, 0.15) is 61.8 Å². The summed E-state index contributed by atoms with van der Waals surface area (Å²) in [5.74, 6) is -0.490. The molecule has 0 heterocycles.